The van der Waals surface area contributed by atoms with Crippen LogP contribution in [0.25, 0.3) is 11.3 Å². The maximum absolute atomic E-state index is 13.7. The standard InChI is InChI=1S/C18H19FN2O4/c19-13-6-2-1-5-12(13)14-11-20-16(25-14)8-7-15(22)21-18(17(23)24)9-3-4-10-18/h1-2,5-6,11H,3-4,7-10H2,(H,21,22)(H,23,24). The van der Waals surface area contributed by atoms with E-state index >= 15 is 0 Å². The Bertz CT molecular complexity index is 781. The molecule has 0 radical (unpaired) electrons. The molecule has 1 saturated carbocycles. The number of halogens is 1. The molecular formula is C18H19FN2O4. The molecule has 6 nitrogen and oxygen atoms in total. The maximum atomic E-state index is 13.7. The molecule has 1 heterocycles. The van der Waals surface area contributed by atoms with Gasteiger partial charge in [-0.2, -0.15) is 0 Å². The number of hydrogen-bond acceptors (Lipinski definition) is 4. The van der Waals surface area contributed by atoms with Crippen molar-refractivity contribution in [3.8, 4) is 11.3 Å². The Balaban J connectivity index is 1.60. The Kier molecular flexibility index (Phi) is 4.83. The molecule has 1 fully saturated rings. The quantitative estimate of drug-likeness (QED) is 0.839. The number of rotatable bonds is 6. The molecule has 1 aliphatic carbocycles. The minimum Gasteiger partial charge on any atom is -0.480 e. The Morgan fingerprint density at radius 3 is 2.68 bits per heavy atom. The monoisotopic (exact) mass is 346 g/mol. The third kappa shape index (κ3) is 3.70. The molecule has 1 aromatic carbocycles. The average molecular weight is 346 g/mol. The van der Waals surface area contributed by atoms with Crippen molar-refractivity contribution >= 4 is 11.9 Å². The lowest BCUT2D eigenvalue weighted by atomic mass is 9.97. The highest BCUT2D eigenvalue weighted by Gasteiger charge is 2.42. The van der Waals surface area contributed by atoms with Crippen molar-refractivity contribution in [2.24, 2.45) is 0 Å². The fourth-order valence-corrected chi connectivity index (χ4v) is 3.13. The van der Waals surface area contributed by atoms with Gasteiger partial charge in [0.2, 0.25) is 5.91 Å². The van der Waals surface area contributed by atoms with Crippen molar-refractivity contribution in [1.82, 2.24) is 10.3 Å². The first-order valence-corrected chi connectivity index (χ1v) is 8.24. The molecule has 1 aliphatic rings. The summed E-state index contributed by atoms with van der Waals surface area (Å²) in [5, 5.41) is 12.0. The van der Waals surface area contributed by atoms with Gasteiger partial charge >= 0.3 is 5.97 Å². The molecule has 25 heavy (non-hydrogen) atoms. The SMILES string of the molecule is O=C(CCc1ncc(-c2ccccc2F)o1)NC1(C(=O)O)CCCC1. The van der Waals surface area contributed by atoms with E-state index in [9.17, 15) is 19.1 Å². The molecule has 0 spiro atoms. The van der Waals surface area contributed by atoms with E-state index in [0.29, 0.717) is 30.1 Å². The smallest absolute Gasteiger partial charge is 0.329 e. The molecule has 1 amide bonds. The number of carbonyl (C=O) groups excluding carboxylic acids is 1. The van der Waals surface area contributed by atoms with Crippen LogP contribution in [0.4, 0.5) is 4.39 Å². The lowest BCUT2D eigenvalue weighted by molar-refractivity contribution is -0.147. The first-order valence-electron chi connectivity index (χ1n) is 8.24. The summed E-state index contributed by atoms with van der Waals surface area (Å²) in [7, 11) is 0. The summed E-state index contributed by atoms with van der Waals surface area (Å²) in [5.74, 6) is -1.14. The summed E-state index contributed by atoms with van der Waals surface area (Å²) >= 11 is 0. The number of nitrogens with one attached hydrogen (secondary N) is 1. The Labute approximate surface area is 144 Å². The van der Waals surface area contributed by atoms with Crippen molar-refractivity contribution < 1.29 is 23.5 Å². The zero-order valence-corrected chi connectivity index (χ0v) is 13.6. The summed E-state index contributed by atoms with van der Waals surface area (Å²) in [6, 6.07) is 6.20. The van der Waals surface area contributed by atoms with Gasteiger partial charge in [0, 0.05) is 12.8 Å². The third-order valence-corrected chi connectivity index (χ3v) is 4.50. The number of benzene rings is 1. The van der Waals surface area contributed by atoms with Gasteiger partial charge < -0.3 is 14.8 Å². The summed E-state index contributed by atoms with van der Waals surface area (Å²) in [4.78, 5) is 27.6. The number of aryl methyl sites for hydroxylation is 1. The fourth-order valence-electron chi connectivity index (χ4n) is 3.13. The van der Waals surface area contributed by atoms with Gasteiger partial charge in [0.05, 0.1) is 11.8 Å². The second-order valence-electron chi connectivity index (χ2n) is 6.24. The molecular weight excluding hydrogens is 327 g/mol. The van der Waals surface area contributed by atoms with Crippen molar-refractivity contribution in [1.29, 1.82) is 0 Å². The number of hydrogen-bond donors (Lipinski definition) is 2. The molecule has 132 valence electrons. The molecule has 3 rings (SSSR count). The van der Waals surface area contributed by atoms with Gasteiger partial charge in [0.25, 0.3) is 0 Å². The number of nitrogens with zero attached hydrogens (tertiary/aromatic N) is 1. The molecule has 0 aliphatic heterocycles. The zero-order valence-electron chi connectivity index (χ0n) is 13.6. The largest absolute Gasteiger partial charge is 0.480 e. The topological polar surface area (TPSA) is 92.4 Å². The normalized spacial score (nSPS) is 15.9. The summed E-state index contributed by atoms with van der Waals surface area (Å²) in [5.41, 5.74) is -0.840. The van der Waals surface area contributed by atoms with Crippen molar-refractivity contribution in [3.05, 3.63) is 42.2 Å². The molecule has 0 saturated heterocycles. The van der Waals surface area contributed by atoms with Gasteiger partial charge in [0.15, 0.2) is 11.7 Å². The van der Waals surface area contributed by atoms with Crippen LogP contribution >= 0.6 is 0 Å². The second kappa shape index (κ2) is 7.04. The lowest BCUT2D eigenvalue weighted by Gasteiger charge is -2.25. The summed E-state index contributed by atoms with van der Waals surface area (Å²) in [6.07, 6.45) is 4.18. The average Bonchev–Trinajstić information content (AvgIpc) is 3.23. The maximum Gasteiger partial charge on any atom is 0.329 e. The number of carboxylic acids is 1. The first kappa shape index (κ1) is 17.1. The summed E-state index contributed by atoms with van der Waals surface area (Å²) < 4.78 is 19.2. The fraction of sp³-hybridized carbons (Fsp3) is 0.389. The van der Waals surface area contributed by atoms with Gasteiger partial charge in [-0.3, -0.25) is 4.79 Å². The second-order valence-corrected chi connectivity index (χ2v) is 6.24. The van der Waals surface area contributed by atoms with Crippen LogP contribution in [0, 0.1) is 5.82 Å². The van der Waals surface area contributed by atoms with Crippen LogP contribution in [-0.2, 0) is 16.0 Å². The predicted molar refractivity (Wildman–Crippen MR) is 87.2 cm³/mol. The van der Waals surface area contributed by atoms with Crippen LogP contribution in [0.1, 0.15) is 38.0 Å². The van der Waals surface area contributed by atoms with Gasteiger partial charge in [-0.05, 0) is 25.0 Å². The van der Waals surface area contributed by atoms with E-state index in [2.05, 4.69) is 10.3 Å². The predicted octanol–water partition coefficient (Wildman–Crippen LogP) is 2.93. The van der Waals surface area contributed by atoms with E-state index < -0.39 is 17.3 Å². The molecule has 0 atom stereocenters. The van der Waals surface area contributed by atoms with Gasteiger partial charge in [-0.15, -0.1) is 0 Å². The zero-order chi connectivity index (χ0) is 17.9. The van der Waals surface area contributed by atoms with E-state index in [1.165, 1.54) is 12.3 Å². The highest BCUT2D eigenvalue weighted by molar-refractivity contribution is 5.87. The van der Waals surface area contributed by atoms with Gasteiger partial charge in [-0.25, -0.2) is 14.2 Å². The van der Waals surface area contributed by atoms with Crippen molar-refractivity contribution in [3.63, 3.8) is 0 Å². The van der Waals surface area contributed by atoms with E-state index in [1.54, 1.807) is 18.2 Å². The van der Waals surface area contributed by atoms with E-state index in [4.69, 9.17) is 4.42 Å². The first-order chi connectivity index (χ1) is 12.0. The highest BCUT2D eigenvalue weighted by atomic mass is 19.1. The Morgan fingerprint density at radius 1 is 1.28 bits per heavy atom. The highest BCUT2D eigenvalue weighted by Crippen LogP contribution is 2.30. The molecule has 2 N–H and O–H groups in total. The van der Waals surface area contributed by atoms with Crippen LogP contribution < -0.4 is 5.32 Å². The number of carbonyl (C=O) groups is 2. The van der Waals surface area contributed by atoms with E-state index in [-0.39, 0.29) is 18.7 Å². The third-order valence-electron chi connectivity index (χ3n) is 4.50. The molecule has 1 aromatic heterocycles. The molecule has 2 aromatic rings. The van der Waals surface area contributed by atoms with Gasteiger partial charge in [-0.1, -0.05) is 25.0 Å². The number of aromatic nitrogens is 1. The summed E-state index contributed by atoms with van der Waals surface area (Å²) in [6.45, 7) is 0. The molecule has 0 bridgehead atoms. The van der Waals surface area contributed by atoms with E-state index in [1.807, 2.05) is 0 Å². The van der Waals surface area contributed by atoms with Crippen LogP contribution in [0.2, 0.25) is 0 Å². The van der Waals surface area contributed by atoms with Crippen molar-refractivity contribution in [2.45, 2.75) is 44.1 Å². The number of amides is 1. The van der Waals surface area contributed by atoms with E-state index in [0.717, 1.165) is 12.8 Å². The molecule has 0 unspecified atom stereocenters. The minimum atomic E-state index is -1.15. The minimum absolute atomic E-state index is 0.0618. The van der Waals surface area contributed by atoms with Crippen LogP contribution in [0.5, 0.6) is 0 Å². The van der Waals surface area contributed by atoms with Crippen LogP contribution in [-0.4, -0.2) is 27.5 Å². The molecule has 7 heteroatoms. The van der Waals surface area contributed by atoms with Crippen LogP contribution in [0.15, 0.2) is 34.9 Å². The Morgan fingerprint density at radius 2 is 2.00 bits per heavy atom. The number of aliphatic carboxylic acids is 1. The lowest BCUT2D eigenvalue weighted by Crippen LogP contribution is -2.52. The van der Waals surface area contributed by atoms with Gasteiger partial charge in [0.1, 0.15) is 11.4 Å². The van der Waals surface area contributed by atoms with Crippen molar-refractivity contribution in [2.75, 3.05) is 0 Å². The number of carboxylic acid groups (broad SMARTS) is 1. The number of oxazole rings is 1. The van der Waals surface area contributed by atoms with Crippen LogP contribution in [0.3, 0.4) is 0 Å². The Hall–Kier alpha value is -2.70.